The minimum absolute atomic E-state index is 0.0141. The van der Waals surface area contributed by atoms with Crippen LogP contribution in [0.15, 0.2) is 73.6 Å². The number of ether oxygens (including phenoxy) is 2. The molecule has 0 spiro atoms. The van der Waals surface area contributed by atoms with Crippen LogP contribution in [0.4, 0.5) is 35.7 Å². The topological polar surface area (TPSA) is 202 Å². The van der Waals surface area contributed by atoms with Crippen molar-refractivity contribution in [1.82, 2.24) is 50.1 Å². The molecule has 0 atom stereocenters. The molecule has 0 saturated carbocycles. The minimum atomic E-state index is -0.560. The van der Waals surface area contributed by atoms with E-state index < -0.39 is 35.0 Å². The molecule has 4 aromatic heterocycles. The predicted molar refractivity (Wildman–Crippen MR) is 230 cm³/mol. The minimum Gasteiger partial charge on any atom is -0.444 e. The largest absolute Gasteiger partial charge is 0.444 e. The number of amides is 2. The summed E-state index contributed by atoms with van der Waals surface area (Å²) in [5.41, 5.74) is 10.7. The first-order valence-electron chi connectivity index (χ1n) is 18.9. The van der Waals surface area contributed by atoms with Crippen LogP contribution in [0.1, 0.15) is 63.8 Å². The van der Waals surface area contributed by atoms with E-state index >= 15 is 0 Å². The SMILES string of the molecule is Cc1cc(-c2nc(Cl)ncc2F)ccc1CNC(=O)OC(C)(C)C.Cc1cc(-c2nc(Nc3cnn(C)c3)ncc2F)ccc1CNC(=O)OC(C)(C)C.Cn1cc(N)cn1. The molecule has 6 rings (SSSR count). The van der Waals surface area contributed by atoms with E-state index in [1.165, 1.54) is 0 Å². The molecule has 324 valence electrons. The first-order valence-corrected chi connectivity index (χ1v) is 19.3. The Bertz CT molecular complexity index is 2430. The fraction of sp³-hybridized carbons (Fsp3) is 0.333. The van der Waals surface area contributed by atoms with Gasteiger partial charge in [-0.2, -0.15) is 10.2 Å². The van der Waals surface area contributed by atoms with Crippen molar-refractivity contribution in [3.63, 3.8) is 0 Å². The van der Waals surface area contributed by atoms with Gasteiger partial charge in [0.2, 0.25) is 11.2 Å². The number of alkyl carbamates (subject to hydrolysis) is 2. The molecule has 0 aliphatic heterocycles. The van der Waals surface area contributed by atoms with Crippen molar-refractivity contribution in [2.75, 3.05) is 11.1 Å². The molecule has 0 saturated heterocycles. The molecular weight excluding hydrogens is 810 g/mol. The Morgan fingerprint density at radius 1 is 0.721 bits per heavy atom. The number of nitrogens with two attached hydrogens (primary N) is 1. The van der Waals surface area contributed by atoms with Crippen LogP contribution in [0.3, 0.4) is 0 Å². The van der Waals surface area contributed by atoms with Gasteiger partial charge < -0.3 is 31.2 Å². The van der Waals surface area contributed by atoms with Gasteiger partial charge in [0.05, 0.1) is 36.2 Å². The van der Waals surface area contributed by atoms with Gasteiger partial charge in [-0.1, -0.05) is 24.3 Å². The second-order valence-corrected chi connectivity index (χ2v) is 16.0. The molecule has 61 heavy (non-hydrogen) atoms. The number of benzene rings is 2. The molecule has 4 heterocycles. The summed E-state index contributed by atoms with van der Waals surface area (Å²) in [6, 6.07) is 10.7. The summed E-state index contributed by atoms with van der Waals surface area (Å²) in [6.07, 6.45) is 7.96. The second kappa shape index (κ2) is 20.5. The van der Waals surface area contributed by atoms with Crippen molar-refractivity contribution < 1.29 is 27.8 Å². The highest BCUT2D eigenvalue weighted by Gasteiger charge is 2.18. The van der Waals surface area contributed by atoms with E-state index in [1.807, 2.05) is 33.0 Å². The number of carbonyl (C=O) groups is 2. The number of carbonyl (C=O) groups excluding carboxylic acids is 2. The molecule has 2 aromatic carbocycles. The Kier molecular flexibility index (Phi) is 15.8. The average Bonchev–Trinajstić information content (AvgIpc) is 3.76. The van der Waals surface area contributed by atoms with Gasteiger partial charge in [0.1, 0.15) is 22.6 Å². The van der Waals surface area contributed by atoms with Gasteiger partial charge in [0, 0.05) is 50.7 Å². The molecule has 0 radical (unpaired) electrons. The van der Waals surface area contributed by atoms with Crippen molar-refractivity contribution in [2.24, 2.45) is 14.1 Å². The van der Waals surface area contributed by atoms with E-state index in [1.54, 1.807) is 107 Å². The average molecular weight is 861 g/mol. The first-order chi connectivity index (χ1) is 28.5. The van der Waals surface area contributed by atoms with Crippen LogP contribution in [0.2, 0.25) is 5.28 Å². The van der Waals surface area contributed by atoms with Crippen LogP contribution in [0.25, 0.3) is 22.5 Å². The van der Waals surface area contributed by atoms with Crippen molar-refractivity contribution in [3.8, 4) is 22.5 Å². The first kappa shape index (κ1) is 47.0. The zero-order chi connectivity index (χ0) is 45.1. The highest BCUT2D eigenvalue weighted by molar-refractivity contribution is 6.28. The molecule has 5 N–H and O–H groups in total. The van der Waals surface area contributed by atoms with Gasteiger partial charge in [-0.05, 0) is 101 Å². The molecule has 0 fully saturated rings. The molecule has 16 nitrogen and oxygen atoms in total. The second-order valence-electron chi connectivity index (χ2n) is 15.7. The van der Waals surface area contributed by atoms with Crippen LogP contribution in [-0.2, 0) is 36.7 Å². The lowest BCUT2D eigenvalue weighted by molar-refractivity contribution is 0.0512. The molecule has 0 unspecified atom stereocenters. The molecule has 2 amide bonds. The number of nitrogens with zero attached hydrogens (tertiary/aromatic N) is 8. The third-order valence-corrected chi connectivity index (χ3v) is 8.20. The molecular formula is C42H51ClF2N12O4. The van der Waals surface area contributed by atoms with Crippen LogP contribution < -0.4 is 21.7 Å². The van der Waals surface area contributed by atoms with Crippen LogP contribution in [0.5, 0.6) is 0 Å². The van der Waals surface area contributed by atoms with Gasteiger partial charge in [-0.3, -0.25) is 9.36 Å². The van der Waals surface area contributed by atoms with E-state index in [0.717, 1.165) is 34.6 Å². The van der Waals surface area contributed by atoms with Crippen LogP contribution in [-0.4, -0.2) is 62.9 Å². The monoisotopic (exact) mass is 860 g/mol. The zero-order valence-corrected chi connectivity index (χ0v) is 36.5. The fourth-order valence-electron chi connectivity index (χ4n) is 5.28. The van der Waals surface area contributed by atoms with E-state index in [4.69, 9.17) is 26.8 Å². The van der Waals surface area contributed by atoms with E-state index in [0.29, 0.717) is 35.6 Å². The maximum Gasteiger partial charge on any atom is 0.407 e. The Labute approximate surface area is 358 Å². The van der Waals surface area contributed by atoms with E-state index in [-0.39, 0.29) is 22.6 Å². The Balaban J connectivity index is 0.000000235. The Hall–Kier alpha value is -6.69. The van der Waals surface area contributed by atoms with Crippen LogP contribution in [0, 0.1) is 25.5 Å². The lowest BCUT2D eigenvalue weighted by Gasteiger charge is -2.20. The van der Waals surface area contributed by atoms with Gasteiger partial charge in [-0.25, -0.2) is 38.3 Å². The Morgan fingerprint density at radius 2 is 1.20 bits per heavy atom. The van der Waals surface area contributed by atoms with Crippen molar-refractivity contribution >= 4 is 41.1 Å². The number of anilines is 3. The number of nitrogens with one attached hydrogen (secondary N) is 3. The summed E-state index contributed by atoms with van der Waals surface area (Å²) >= 11 is 5.72. The third-order valence-electron chi connectivity index (χ3n) is 8.02. The van der Waals surface area contributed by atoms with Crippen molar-refractivity contribution in [3.05, 3.63) is 113 Å². The predicted octanol–water partition coefficient (Wildman–Crippen LogP) is 8.36. The smallest absolute Gasteiger partial charge is 0.407 e. The lowest BCUT2D eigenvalue weighted by atomic mass is 10.0. The lowest BCUT2D eigenvalue weighted by Crippen LogP contribution is -2.32. The molecule has 19 heteroatoms. The summed E-state index contributed by atoms with van der Waals surface area (Å²) in [4.78, 5) is 39.4. The zero-order valence-electron chi connectivity index (χ0n) is 35.8. The molecule has 0 aliphatic carbocycles. The summed E-state index contributed by atoms with van der Waals surface area (Å²) in [6.45, 7) is 15.2. The standard InChI is InChI=1S/C21H25FN6O2.C17H19ClFN3O2.C4H7N3/c1-13-8-14(6-7-15(13)9-24-20(29)30-21(2,3)4)18-17(22)11-23-19(27-18)26-16-10-25-28(5)12-16;1-10-7-11(14-13(19)9-20-15(18)22-14)5-6-12(10)8-21-16(23)24-17(2,3)4;1-7-3-4(5)2-6-7/h6-8,10-12H,9H2,1-5H3,(H,24,29)(H,23,26,27);5-7,9H,8H2,1-4H3,(H,21,23);2-3H,5H2,1H3. The molecule has 6 aromatic rings. The normalized spacial score (nSPS) is 11.0. The number of halogens is 3. The Morgan fingerprint density at radius 3 is 1.61 bits per heavy atom. The third kappa shape index (κ3) is 15.5. The molecule has 0 bridgehead atoms. The molecule has 0 aliphatic rings. The van der Waals surface area contributed by atoms with Crippen LogP contribution >= 0.6 is 11.6 Å². The highest BCUT2D eigenvalue weighted by Crippen LogP contribution is 2.26. The summed E-state index contributed by atoms with van der Waals surface area (Å²) in [5, 5.41) is 16.3. The van der Waals surface area contributed by atoms with Gasteiger partial charge in [0.15, 0.2) is 11.6 Å². The number of hydrogen-bond donors (Lipinski definition) is 4. The van der Waals surface area contributed by atoms with Crippen molar-refractivity contribution in [1.29, 1.82) is 0 Å². The number of nitrogen functional groups attached to an aromatic ring is 1. The van der Waals surface area contributed by atoms with Gasteiger partial charge in [-0.15, -0.1) is 0 Å². The maximum absolute atomic E-state index is 14.4. The quantitative estimate of drug-likeness (QED) is 0.107. The number of aryl methyl sites for hydroxylation is 4. The van der Waals surface area contributed by atoms with Gasteiger partial charge >= 0.3 is 12.2 Å². The summed E-state index contributed by atoms with van der Waals surface area (Å²) < 4.78 is 42.0. The number of hydrogen-bond acceptors (Lipinski definition) is 12. The van der Waals surface area contributed by atoms with Gasteiger partial charge in [0.25, 0.3) is 0 Å². The summed E-state index contributed by atoms with van der Waals surface area (Å²) in [5.74, 6) is -0.795. The fourth-order valence-corrected chi connectivity index (χ4v) is 5.41. The summed E-state index contributed by atoms with van der Waals surface area (Å²) in [7, 11) is 3.63. The maximum atomic E-state index is 14.4. The van der Waals surface area contributed by atoms with E-state index in [9.17, 15) is 18.4 Å². The number of rotatable bonds is 8. The van der Waals surface area contributed by atoms with Crippen molar-refractivity contribution in [2.45, 2.75) is 79.7 Å². The number of aromatic nitrogens is 8. The van der Waals surface area contributed by atoms with E-state index in [2.05, 4.69) is 46.1 Å². The highest BCUT2D eigenvalue weighted by atomic mass is 35.5.